The number of rotatable bonds is 3. The standard InChI is InChI=1S/C16H22ClN3O3.ClH/c1-22-15-8-12(18)11(17)7-10(15)16(21)19-13-3-2-4-20-5-6-23-9-14(13)20;/h7-8,13-14H,2-6,9,18H2,1H3,(H,19,21);1H/t13-,14+;/m1./s1. The summed E-state index contributed by atoms with van der Waals surface area (Å²) in [6.45, 7) is 3.41. The van der Waals surface area contributed by atoms with Crippen LogP contribution in [0.5, 0.6) is 5.75 Å². The lowest BCUT2D eigenvalue weighted by atomic mass is 9.95. The van der Waals surface area contributed by atoms with E-state index in [1.165, 1.54) is 7.11 Å². The predicted molar refractivity (Wildman–Crippen MR) is 96.3 cm³/mol. The number of nitrogens with one attached hydrogen (secondary N) is 1. The van der Waals surface area contributed by atoms with Gasteiger partial charge in [0.25, 0.3) is 5.91 Å². The molecule has 0 aromatic heterocycles. The Balaban J connectivity index is 0.00000208. The molecule has 0 spiro atoms. The van der Waals surface area contributed by atoms with Gasteiger partial charge in [0.2, 0.25) is 0 Å². The summed E-state index contributed by atoms with van der Waals surface area (Å²) >= 11 is 6.05. The minimum absolute atomic E-state index is 0. The van der Waals surface area contributed by atoms with Gasteiger partial charge in [0, 0.05) is 18.7 Å². The van der Waals surface area contributed by atoms with Crippen molar-refractivity contribution in [2.75, 3.05) is 39.1 Å². The summed E-state index contributed by atoms with van der Waals surface area (Å²) in [6.07, 6.45) is 2.02. The summed E-state index contributed by atoms with van der Waals surface area (Å²) in [7, 11) is 1.51. The molecule has 24 heavy (non-hydrogen) atoms. The van der Waals surface area contributed by atoms with Crippen LogP contribution in [0.3, 0.4) is 0 Å². The molecule has 1 aromatic carbocycles. The molecule has 2 fully saturated rings. The number of methoxy groups -OCH3 is 1. The lowest BCUT2D eigenvalue weighted by Crippen LogP contribution is -2.60. The van der Waals surface area contributed by atoms with Gasteiger partial charge in [-0.1, -0.05) is 11.6 Å². The van der Waals surface area contributed by atoms with Crippen LogP contribution >= 0.6 is 24.0 Å². The Morgan fingerprint density at radius 1 is 1.46 bits per heavy atom. The molecule has 2 aliphatic heterocycles. The Kier molecular flexibility index (Phi) is 6.57. The zero-order valence-corrected chi connectivity index (χ0v) is 15.2. The van der Waals surface area contributed by atoms with Gasteiger partial charge >= 0.3 is 0 Å². The number of carbonyl (C=O) groups excluding carboxylic acids is 1. The van der Waals surface area contributed by atoms with Crippen molar-refractivity contribution in [2.45, 2.75) is 24.9 Å². The number of nitrogen functional groups attached to an aromatic ring is 1. The normalized spacial score (nSPS) is 23.8. The van der Waals surface area contributed by atoms with E-state index >= 15 is 0 Å². The van der Waals surface area contributed by atoms with Gasteiger partial charge in [-0.3, -0.25) is 9.69 Å². The summed E-state index contributed by atoms with van der Waals surface area (Å²) in [5.41, 5.74) is 6.57. The van der Waals surface area contributed by atoms with Gasteiger partial charge in [0.15, 0.2) is 0 Å². The minimum atomic E-state index is -0.193. The molecule has 0 unspecified atom stereocenters. The predicted octanol–water partition coefficient (Wildman–Crippen LogP) is 1.95. The average molecular weight is 376 g/mol. The van der Waals surface area contributed by atoms with Crippen LogP contribution < -0.4 is 15.8 Å². The first-order chi connectivity index (χ1) is 11.1. The van der Waals surface area contributed by atoms with E-state index in [-0.39, 0.29) is 30.4 Å². The second kappa shape index (κ2) is 8.25. The molecule has 0 bridgehead atoms. The third-order valence-electron chi connectivity index (χ3n) is 4.59. The van der Waals surface area contributed by atoms with Crippen LogP contribution in [0.4, 0.5) is 5.69 Å². The summed E-state index contributed by atoms with van der Waals surface area (Å²) in [6, 6.07) is 3.44. The summed E-state index contributed by atoms with van der Waals surface area (Å²) in [5.74, 6) is 0.234. The smallest absolute Gasteiger partial charge is 0.255 e. The first-order valence-electron chi connectivity index (χ1n) is 7.86. The number of nitrogens with zero attached hydrogens (tertiary/aromatic N) is 1. The second-order valence-electron chi connectivity index (χ2n) is 5.97. The number of anilines is 1. The maximum atomic E-state index is 12.7. The maximum Gasteiger partial charge on any atom is 0.255 e. The zero-order chi connectivity index (χ0) is 16.4. The quantitative estimate of drug-likeness (QED) is 0.789. The Morgan fingerprint density at radius 2 is 2.25 bits per heavy atom. The maximum absolute atomic E-state index is 12.7. The Hall–Kier alpha value is -1.21. The molecule has 0 aliphatic carbocycles. The molecule has 1 aromatic rings. The highest BCUT2D eigenvalue weighted by atomic mass is 35.5. The van der Waals surface area contributed by atoms with E-state index in [2.05, 4.69) is 10.2 Å². The van der Waals surface area contributed by atoms with Crippen molar-refractivity contribution in [3.05, 3.63) is 22.7 Å². The largest absolute Gasteiger partial charge is 0.496 e. The van der Waals surface area contributed by atoms with Gasteiger partial charge < -0.3 is 20.5 Å². The SMILES string of the molecule is COc1cc(N)c(Cl)cc1C(=O)N[C@@H]1CCCN2CCOC[C@@H]12.Cl. The van der Waals surface area contributed by atoms with Crippen LogP contribution in [0, 0.1) is 0 Å². The third kappa shape index (κ3) is 3.88. The highest BCUT2D eigenvalue weighted by Gasteiger charge is 2.35. The third-order valence-corrected chi connectivity index (χ3v) is 4.91. The fourth-order valence-corrected chi connectivity index (χ4v) is 3.51. The van der Waals surface area contributed by atoms with E-state index in [1.807, 2.05) is 0 Å². The number of piperidine rings is 1. The van der Waals surface area contributed by atoms with Gasteiger partial charge in [-0.05, 0) is 25.5 Å². The number of morpholine rings is 1. The zero-order valence-electron chi connectivity index (χ0n) is 13.6. The molecule has 2 heterocycles. The number of halogens is 2. The number of amides is 1. The molecule has 6 nitrogen and oxygen atoms in total. The average Bonchev–Trinajstić information content (AvgIpc) is 2.57. The van der Waals surface area contributed by atoms with Crippen molar-refractivity contribution >= 4 is 35.6 Å². The topological polar surface area (TPSA) is 76.8 Å². The van der Waals surface area contributed by atoms with E-state index in [0.717, 1.165) is 32.5 Å². The fourth-order valence-electron chi connectivity index (χ4n) is 3.34. The highest BCUT2D eigenvalue weighted by molar-refractivity contribution is 6.33. The summed E-state index contributed by atoms with van der Waals surface area (Å²) in [5, 5.41) is 3.46. The van der Waals surface area contributed by atoms with Crippen LogP contribution in [-0.4, -0.2) is 56.3 Å². The number of carbonyl (C=O) groups is 1. The molecule has 3 N–H and O–H groups in total. The van der Waals surface area contributed by atoms with Crippen LogP contribution in [0.2, 0.25) is 5.02 Å². The monoisotopic (exact) mass is 375 g/mol. The van der Waals surface area contributed by atoms with Gasteiger partial charge in [-0.25, -0.2) is 0 Å². The number of nitrogens with two attached hydrogens (primary N) is 1. The van der Waals surface area contributed by atoms with Gasteiger partial charge in [0.05, 0.1) is 42.6 Å². The number of benzene rings is 1. The minimum Gasteiger partial charge on any atom is -0.496 e. The first-order valence-corrected chi connectivity index (χ1v) is 8.23. The van der Waals surface area contributed by atoms with E-state index in [4.69, 9.17) is 26.8 Å². The van der Waals surface area contributed by atoms with Crippen LogP contribution in [0.25, 0.3) is 0 Å². The summed E-state index contributed by atoms with van der Waals surface area (Å²) < 4.78 is 10.8. The number of hydrogen-bond donors (Lipinski definition) is 2. The Bertz CT molecular complexity index is 598. The molecule has 2 aliphatic rings. The summed E-state index contributed by atoms with van der Waals surface area (Å²) in [4.78, 5) is 15.1. The van der Waals surface area contributed by atoms with E-state index in [9.17, 15) is 4.79 Å². The second-order valence-corrected chi connectivity index (χ2v) is 6.38. The molecule has 2 saturated heterocycles. The van der Waals surface area contributed by atoms with E-state index < -0.39 is 0 Å². The Morgan fingerprint density at radius 3 is 3.00 bits per heavy atom. The molecular formula is C16H23Cl2N3O3. The van der Waals surface area contributed by atoms with Crippen molar-refractivity contribution in [1.29, 1.82) is 0 Å². The van der Waals surface area contributed by atoms with Crippen molar-refractivity contribution in [1.82, 2.24) is 10.2 Å². The number of ether oxygens (including phenoxy) is 2. The Labute approximate surface area is 153 Å². The molecule has 3 rings (SSSR count). The lowest BCUT2D eigenvalue weighted by Gasteiger charge is -2.44. The first kappa shape index (κ1) is 19.1. The van der Waals surface area contributed by atoms with Crippen molar-refractivity contribution in [3.63, 3.8) is 0 Å². The van der Waals surface area contributed by atoms with Crippen molar-refractivity contribution < 1.29 is 14.3 Å². The van der Waals surface area contributed by atoms with Crippen LogP contribution in [0.1, 0.15) is 23.2 Å². The van der Waals surface area contributed by atoms with Crippen LogP contribution in [0.15, 0.2) is 12.1 Å². The van der Waals surface area contributed by atoms with Gasteiger partial charge in [0.1, 0.15) is 5.75 Å². The highest BCUT2D eigenvalue weighted by Crippen LogP contribution is 2.29. The molecule has 1 amide bonds. The van der Waals surface area contributed by atoms with Gasteiger partial charge in [-0.2, -0.15) is 0 Å². The molecule has 8 heteroatoms. The lowest BCUT2D eigenvalue weighted by molar-refractivity contribution is -0.0359. The van der Waals surface area contributed by atoms with Crippen LogP contribution in [-0.2, 0) is 4.74 Å². The molecule has 2 atom stereocenters. The molecule has 134 valence electrons. The fraction of sp³-hybridized carbons (Fsp3) is 0.562. The number of fused-ring (bicyclic) bond motifs is 1. The van der Waals surface area contributed by atoms with E-state index in [1.54, 1.807) is 12.1 Å². The van der Waals surface area contributed by atoms with Gasteiger partial charge in [-0.15, -0.1) is 12.4 Å². The number of hydrogen-bond acceptors (Lipinski definition) is 5. The van der Waals surface area contributed by atoms with Crippen molar-refractivity contribution in [3.8, 4) is 5.75 Å². The van der Waals surface area contributed by atoms with E-state index in [0.29, 0.717) is 28.6 Å². The molecule has 0 radical (unpaired) electrons. The van der Waals surface area contributed by atoms with Crippen molar-refractivity contribution in [2.24, 2.45) is 0 Å². The molecular weight excluding hydrogens is 353 g/mol. The molecule has 0 saturated carbocycles.